The normalized spacial score (nSPS) is 11.8. The number of hydrogen-bond donors (Lipinski definition) is 0. The summed E-state index contributed by atoms with van der Waals surface area (Å²) in [5, 5.41) is 6.72. The number of halogens is 5. The summed E-state index contributed by atoms with van der Waals surface area (Å²) in [6.07, 6.45) is -3.63. The van der Waals surface area contributed by atoms with E-state index in [0.717, 1.165) is 17.0 Å². The van der Waals surface area contributed by atoms with E-state index in [9.17, 15) is 17.6 Å². The second-order valence-corrected chi connectivity index (χ2v) is 3.47. The summed E-state index contributed by atoms with van der Waals surface area (Å²) in [6.45, 7) is 0. The number of nitrogens with zero attached hydrogens (tertiary/aromatic N) is 3. The van der Waals surface area contributed by atoms with Gasteiger partial charge in [0.2, 0.25) is 5.28 Å². The Morgan fingerprint density at radius 2 is 1.94 bits per heavy atom. The number of alkyl halides is 3. The van der Waals surface area contributed by atoms with Gasteiger partial charge in [-0.3, -0.25) is 4.57 Å². The zero-order valence-corrected chi connectivity index (χ0v) is 8.80. The van der Waals surface area contributed by atoms with Crippen LogP contribution in [0.3, 0.4) is 0 Å². The first kappa shape index (κ1) is 11.8. The molecule has 0 saturated heterocycles. The molecule has 0 aliphatic heterocycles. The minimum absolute atomic E-state index is 0.0359. The molecule has 0 N–H and O–H groups in total. The van der Waals surface area contributed by atoms with Gasteiger partial charge in [-0.1, -0.05) is 0 Å². The van der Waals surface area contributed by atoms with E-state index in [0.29, 0.717) is 12.1 Å². The van der Waals surface area contributed by atoms with Crippen LogP contribution in [0.25, 0.3) is 5.69 Å². The second-order valence-electron chi connectivity index (χ2n) is 3.13. The Bertz CT molecular complexity index is 549. The van der Waals surface area contributed by atoms with E-state index in [1.807, 2.05) is 0 Å². The summed E-state index contributed by atoms with van der Waals surface area (Å²) >= 11 is 5.60. The molecule has 1 aromatic heterocycles. The summed E-state index contributed by atoms with van der Waals surface area (Å²) in [6, 6.07) is 2.51. The van der Waals surface area contributed by atoms with Crippen LogP contribution in [-0.2, 0) is 6.18 Å². The summed E-state index contributed by atoms with van der Waals surface area (Å²) in [4.78, 5) is 0. The van der Waals surface area contributed by atoms with Gasteiger partial charge in [0.05, 0.1) is 11.3 Å². The molecule has 0 radical (unpaired) electrons. The maximum Gasteiger partial charge on any atom is 0.419 e. The Morgan fingerprint density at radius 1 is 1.24 bits per heavy atom. The Morgan fingerprint density at radius 3 is 2.47 bits per heavy atom. The van der Waals surface area contributed by atoms with Crippen molar-refractivity contribution in [3.05, 3.63) is 41.2 Å². The van der Waals surface area contributed by atoms with Crippen molar-refractivity contribution in [1.29, 1.82) is 0 Å². The van der Waals surface area contributed by atoms with E-state index in [-0.39, 0.29) is 11.0 Å². The summed E-state index contributed by atoms with van der Waals surface area (Å²) in [5.74, 6) is -1.34. The minimum Gasteiger partial charge on any atom is -0.272 e. The third-order valence-corrected chi connectivity index (χ3v) is 2.30. The van der Waals surface area contributed by atoms with Gasteiger partial charge in [-0.05, 0) is 29.8 Å². The maximum atomic E-state index is 13.0. The molecule has 0 atom stereocenters. The van der Waals surface area contributed by atoms with Crippen molar-refractivity contribution in [2.45, 2.75) is 6.18 Å². The third kappa shape index (κ3) is 2.23. The molecule has 2 rings (SSSR count). The number of hydrogen-bond acceptors (Lipinski definition) is 2. The van der Waals surface area contributed by atoms with Gasteiger partial charge in [0.15, 0.2) is 0 Å². The van der Waals surface area contributed by atoms with E-state index in [1.165, 1.54) is 0 Å². The van der Waals surface area contributed by atoms with Crippen LogP contribution in [0, 0.1) is 5.82 Å². The van der Waals surface area contributed by atoms with Gasteiger partial charge in [-0.25, -0.2) is 4.39 Å². The number of benzene rings is 1. The molecule has 0 aliphatic rings. The van der Waals surface area contributed by atoms with E-state index in [1.54, 1.807) is 0 Å². The lowest BCUT2D eigenvalue weighted by Crippen LogP contribution is -2.09. The van der Waals surface area contributed by atoms with E-state index < -0.39 is 17.6 Å². The average molecular weight is 266 g/mol. The highest BCUT2D eigenvalue weighted by Gasteiger charge is 2.34. The molecule has 0 bridgehead atoms. The molecule has 0 fully saturated rings. The van der Waals surface area contributed by atoms with Gasteiger partial charge in [-0.15, -0.1) is 10.2 Å². The van der Waals surface area contributed by atoms with Crippen molar-refractivity contribution in [2.75, 3.05) is 0 Å². The lowest BCUT2D eigenvalue weighted by atomic mass is 10.2. The lowest BCUT2D eigenvalue weighted by molar-refractivity contribution is -0.140. The third-order valence-electron chi connectivity index (χ3n) is 2.04. The molecule has 2 aromatic rings. The number of aromatic nitrogens is 3. The van der Waals surface area contributed by atoms with Crippen molar-refractivity contribution >= 4 is 11.6 Å². The van der Waals surface area contributed by atoms with E-state index >= 15 is 0 Å². The predicted octanol–water partition coefficient (Wildman–Crippen LogP) is 3.08. The molecule has 0 spiro atoms. The summed E-state index contributed by atoms with van der Waals surface area (Å²) in [7, 11) is 0. The Kier molecular flexibility index (Phi) is 2.78. The molecule has 0 saturated carbocycles. The van der Waals surface area contributed by atoms with Gasteiger partial charge >= 0.3 is 6.18 Å². The van der Waals surface area contributed by atoms with Crippen LogP contribution < -0.4 is 0 Å². The topological polar surface area (TPSA) is 30.7 Å². The van der Waals surface area contributed by atoms with Crippen molar-refractivity contribution in [3.63, 3.8) is 0 Å². The molecular weight excluding hydrogens is 262 g/mol. The molecule has 90 valence electrons. The van der Waals surface area contributed by atoms with Crippen molar-refractivity contribution in [3.8, 4) is 5.69 Å². The summed E-state index contributed by atoms with van der Waals surface area (Å²) < 4.78 is 51.5. The first-order valence-electron chi connectivity index (χ1n) is 4.32. The predicted molar refractivity (Wildman–Crippen MR) is 51.3 cm³/mol. The van der Waals surface area contributed by atoms with E-state index in [4.69, 9.17) is 11.6 Å². The van der Waals surface area contributed by atoms with Crippen LogP contribution in [-0.4, -0.2) is 14.8 Å². The zero-order valence-electron chi connectivity index (χ0n) is 8.04. The molecule has 0 unspecified atom stereocenters. The van der Waals surface area contributed by atoms with Crippen LogP contribution in [0.2, 0.25) is 5.28 Å². The monoisotopic (exact) mass is 265 g/mol. The van der Waals surface area contributed by atoms with Crippen molar-refractivity contribution in [2.24, 2.45) is 0 Å². The van der Waals surface area contributed by atoms with Crippen molar-refractivity contribution < 1.29 is 17.6 Å². The van der Waals surface area contributed by atoms with E-state index in [2.05, 4.69) is 10.2 Å². The first-order valence-corrected chi connectivity index (χ1v) is 4.70. The van der Waals surface area contributed by atoms with Gasteiger partial charge in [0.1, 0.15) is 12.1 Å². The Labute approximate surface area is 97.6 Å². The minimum atomic E-state index is -4.76. The molecule has 0 amide bonds. The standard InChI is InChI=1S/C9H4ClF4N3/c10-8-16-15-4-17(8)5-1-2-7(11)6(3-5)9(12,13)14/h1-4H. The zero-order chi connectivity index (χ0) is 12.6. The van der Waals surface area contributed by atoms with Gasteiger partial charge < -0.3 is 0 Å². The fourth-order valence-electron chi connectivity index (χ4n) is 1.27. The first-order chi connectivity index (χ1) is 7.89. The molecule has 17 heavy (non-hydrogen) atoms. The van der Waals surface area contributed by atoms with Crippen LogP contribution in [0.5, 0.6) is 0 Å². The van der Waals surface area contributed by atoms with Crippen LogP contribution >= 0.6 is 11.6 Å². The fourth-order valence-corrected chi connectivity index (χ4v) is 1.46. The van der Waals surface area contributed by atoms with Crippen molar-refractivity contribution in [1.82, 2.24) is 14.8 Å². The SMILES string of the molecule is Fc1ccc(-n2cnnc2Cl)cc1C(F)(F)F. The van der Waals surface area contributed by atoms with Gasteiger partial charge in [-0.2, -0.15) is 13.2 Å². The van der Waals surface area contributed by atoms with Crippen LogP contribution in [0.4, 0.5) is 17.6 Å². The summed E-state index contributed by atoms with van der Waals surface area (Å²) in [5.41, 5.74) is -1.33. The largest absolute Gasteiger partial charge is 0.419 e. The smallest absolute Gasteiger partial charge is 0.272 e. The van der Waals surface area contributed by atoms with Crippen LogP contribution in [0.1, 0.15) is 5.56 Å². The molecule has 1 aromatic carbocycles. The average Bonchev–Trinajstić information content (AvgIpc) is 2.63. The quantitative estimate of drug-likeness (QED) is 0.742. The second kappa shape index (κ2) is 3.99. The fraction of sp³-hybridized carbons (Fsp3) is 0.111. The molecule has 3 nitrogen and oxygen atoms in total. The maximum absolute atomic E-state index is 13.0. The molecule has 1 heterocycles. The highest BCUT2D eigenvalue weighted by Crippen LogP contribution is 2.32. The van der Waals surface area contributed by atoms with Gasteiger partial charge in [0, 0.05) is 0 Å². The Balaban J connectivity index is 2.56. The highest BCUT2D eigenvalue weighted by molar-refractivity contribution is 6.28. The molecular formula is C9H4ClF4N3. The number of rotatable bonds is 1. The molecule has 8 heteroatoms. The van der Waals surface area contributed by atoms with Gasteiger partial charge in [0.25, 0.3) is 0 Å². The Hall–Kier alpha value is -1.63. The van der Waals surface area contributed by atoms with Crippen LogP contribution in [0.15, 0.2) is 24.5 Å². The molecule has 0 aliphatic carbocycles. The highest BCUT2D eigenvalue weighted by atomic mass is 35.5. The lowest BCUT2D eigenvalue weighted by Gasteiger charge is -2.10.